The molecule has 2 aromatic rings. The number of hydrogen-bond donors (Lipinski definition) is 2. The van der Waals surface area contributed by atoms with Crippen molar-refractivity contribution in [3.63, 3.8) is 0 Å². The summed E-state index contributed by atoms with van der Waals surface area (Å²) < 4.78 is 1.16. The highest BCUT2D eigenvalue weighted by atomic mass is 16.4. The van der Waals surface area contributed by atoms with Gasteiger partial charge in [0.2, 0.25) is 0 Å². The number of benzene rings is 1. The van der Waals surface area contributed by atoms with E-state index in [1.54, 1.807) is 18.2 Å². The van der Waals surface area contributed by atoms with Crippen LogP contribution in [0.15, 0.2) is 47.4 Å². The van der Waals surface area contributed by atoms with Gasteiger partial charge in [-0.1, -0.05) is 12.1 Å². The molecule has 92 valence electrons. The van der Waals surface area contributed by atoms with E-state index in [2.05, 4.69) is 0 Å². The molecular formula is C13H12N2O3. The van der Waals surface area contributed by atoms with E-state index in [0.717, 1.165) is 15.7 Å². The molecule has 0 radical (unpaired) electrons. The predicted octanol–water partition coefficient (Wildman–Crippen LogP) is 1.18. The Morgan fingerprint density at radius 2 is 1.72 bits per heavy atom. The zero-order valence-electron chi connectivity index (χ0n) is 9.54. The van der Waals surface area contributed by atoms with E-state index in [1.165, 1.54) is 12.3 Å². The molecule has 0 aliphatic heterocycles. The lowest BCUT2D eigenvalue weighted by atomic mass is 10.1. The molecule has 0 fully saturated rings. The SMILES string of the molecule is Nc1ccc(-c2ccc(=O)n(CC(=O)O)c2)cc1. The number of anilines is 1. The van der Waals surface area contributed by atoms with E-state index in [9.17, 15) is 9.59 Å². The summed E-state index contributed by atoms with van der Waals surface area (Å²) in [5.41, 5.74) is 7.56. The summed E-state index contributed by atoms with van der Waals surface area (Å²) in [6, 6.07) is 10.2. The maximum atomic E-state index is 11.5. The van der Waals surface area contributed by atoms with Gasteiger partial charge in [0.15, 0.2) is 0 Å². The molecule has 1 aromatic heterocycles. The monoisotopic (exact) mass is 244 g/mol. The maximum absolute atomic E-state index is 11.5. The number of nitrogens with zero attached hydrogens (tertiary/aromatic N) is 1. The number of aromatic nitrogens is 1. The van der Waals surface area contributed by atoms with Gasteiger partial charge >= 0.3 is 5.97 Å². The van der Waals surface area contributed by atoms with Crippen molar-refractivity contribution in [1.29, 1.82) is 0 Å². The summed E-state index contributed by atoms with van der Waals surface area (Å²) in [5, 5.41) is 8.71. The van der Waals surface area contributed by atoms with E-state index in [-0.39, 0.29) is 12.1 Å². The molecule has 0 saturated heterocycles. The molecule has 0 saturated carbocycles. The Labute approximate surface area is 103 Å². The number of pyridine rings is 1. The molecule has 2 rings (SSSR count). The highest BCUT2D eigenvalue weighted by molar-refractivity contribution is 5.68. The topological polar surface area (TPSA) is 85.3 Å². The van der Waals surface area contributed by atoms with E-state index in [0.29, 0.717) is 5.69 Å². The number of rotatable bonds is 3. The van der Waals surface area contributed by atoms with E-state index in [4.69, 9.17) is 10.8 Å². The molecule has 5 nitrogen and oxygen atoms in total. The summed E-state index contributed by atoms with van der Waals surface area (Å²) in [6.07, 6.45) is 1.53. The number of carboxylic acid groups (broad SMARTS) is 1. The average Bonchev–Trinajstić information content (AvgIpc) is 2.32. The lowest BCUT2D eigenvalue weighted by Crippen LogP contribution is -2.22. The van der Waals surface area contributed by atoms with Crippen molar-refractivity contribution >= 4 is 11.7 Å². The fourth-order valence-electron chi connectivity index (χ4n) is 1.65. The third-order valence-electron chi connectivity index (χ3n) is 2.53. The number of nitrogens with two attached hydrogens (primary N) is 1. The molecule has 5 heteroatoms. The van der Waals surface area contributed by atoms with Crippen LogP contribution in [0.5, 0.6) is 0 Å². The van der Waals surface area contributed by atoms with Crippen LogP contribution in [0.25, 0.3) is 11.1 Å². The fourth-order valence-corrected chi connectivity index (χ4v) is 1.65. The van der Waals surface area contributed by atoms with Crippen molar-refractivity contribution in [1.82, 2.24) is 4.57 Å². The van der Waals surface area contributed by atoms with Crippen LogP contribution >= 0.6 is 0 Å². The van der Waals surface area contributed by atoms with Crippen LogP contribution in [-0.2, 0) is 11.3 Å². The van der Waals surface area contributed by atoms with Gasteiger partial charge < -0.3 is 15.4 Å². The molecule has 0 atom stereocenters. The fraction of sp³-hybridized carbons (Fsp3) is 0.0769. The molecule has 1 heterocycles. The van der Waals surface area contributed by atoms with Crippen molar-refractivity contribution in [3.8, 4) is 11.1 Å². The van der Waals surface area contributed by atoms with Gasteiger partial charge in [0, 0.05) is 18.0 Å². The summed E-state index contributed by atoms with van der Waals surface area (Å²) in [5.74, 6) is -1.05. The number of aliphatic carboxylic acids is 1. The third kappa shape index (κ3) is 2.57. The van der Waals surface area contributed by atoms with Gasteiger partial charge in [0.1, 0.15) is 6.54 Å². The van der Waals surface area contributed by atoms with Crippen molar-refractivity contribution in [3.05, 3.63) is 52.9 Å². The van der Waals surface area contributed by atoms with Gasteiger partial charge in [0.25, 0.3) is 5.56 Å². The maximum Gasteiger partial charge on any atom is 0.323 e. The highest BCUT2D eigenvalue weighted by Gasteiger charge is 2.04. The molecule has 0 aliphatic rings. The molecule has 3 N–H and O–H groups in total. The third-order valence-corrected chi connectivity index (χ3v) is 2.53. The summed E-state index contributed by atoms with van der Waals surface area (Å²) >= 11 is 0. The van der Waals surface area contributed by atoms with Gasteiger partial charge in [-0.2, -0.15) is 0 Å². The van der Waals surface area contributed by atoms with Crippen LogP contribution in [0.3, 0.4) is 0 Å². The quantitative estimate of drug-likeness (QED) is 0.794. The first-order chi connectivity index (χ1) is 8.56. The molecule has 0 unspecified atom stereocenters. The molecular weight excluding hydrogens is 232 g/mol. The predicted molar refractivity (Wildman–Crippen MR) is 68.2 cm³/mol. The van der Waals surface area contributed by atoms with Crippen LogP contribution in [0, 0.1) is 0 Å². The van der Waals surface area contributed by atoms with Gasteiger partial charge in [0.05, 0.1) is 0 Å². The minimum absolute atomic E-state index is 0.336. The smallest absolute Gasteiger partial charge is 0.323 e. The van der Waals surface area contributed by atoms with Gasteiger partial charge in [-0.05, 0) is 29.3 Å². The lowest BCUT2D eigenvalue weighted by Gasteiger charge is -2.06. The molecule has 0 bridgehead atoms. The van der Waals surface area contributed by atoms with Crippen molar-refractivity contribution in [2.45, 2.75) is 6.54 Å². The first-order valence-electron chi connectivity index (χ1n) is 5.34. The Balaban J connectivity index is 2.43. The Kier molecular flexibility index (Phi) is 3.14. The van der Waals surface area contributed by atoms with Gasteiger partial charge in [-0.3, -0.25) is 9.59 Å². The normalized spacial score (nSPS) is 10.2. The minimum atomic E-state index is -1.05. The lowest BCUT2D eigenvalue weighted by molar-refractivity contribution is -0.137. The van der Waals surface area contributed by atoms with Crippen LogP contribution in [0.4, 0.5) is 5.69 Å². The zero-order valence-corrected chi connectivity index (χ0v) is 9.54. The molecule has 0 aliphatic carbocycles. The summed E-state index contributed by atoms with van der Waals surface area (Å²) in [4.78, 5) is 22.1. The summed E-state index contributed by atoms with van der Waals surface area (Å²) in [6.45, 7) is -0.346. The van der Waals surface area contributed by atoms with E-state index < -0.39 is 5.97 Å². The Morgan fingerprint density at radius 3 is 2.33 bits per heavy atom. The second kappa shape index (κ2) is 4.75. The van der Waals surface area contributed by atoms with Crippen LogP contribution < -0.4 is 11.3 Å². The number of carbonyl (C=O) groups is 1. The molecule has 0 amide bonds. The van der Waals surface area contributed by atoms with E-state index >= 15 is 0 Å². The minimum Gasteiger partial charge on any atom is -0.480 e. The number of hydrogen-bond acceptors (Lipinski definition) is 3. The first-order valence-corrected chi connectivity index (χ1v) is 5.34. The van der Waals surface area contributed by atoms with E-state index in [1.807, 2.05) is 12.1 Å². The Bertz CT molecular complexity index is 629. The molecule has 0 spiro atoms. The molecule has 1 aromatic carbocycles. The largest absolute Gasteiger partial charge is 0.480 e. The highest BCUT2D eigenvalue weighted by Crippen LogP contribution is 2.18. The van der Waals surface area contributed by atoms with Crippen molar-refractivity contribution in [2.75, 3.05) is 5.73 Å². The number of carboxylic acids is 1. The number of nitrogen functional groups attached to an aromatic ring is 1. The van der Waals surface area contributed by atoms with Crippen molar-refractivity contribution < 1.29 is 9.90 Å². The summed E-state index contributed by atoms with van der Waals surface area (Å²) in [7, 11) is 0. The average molecular weight is 244 g/mol. The Hall–Kier alpha value is -2.56. The van der Waals surface area contributed by atoms with Crippen molar-refractivity contribution in [2.24, 2.45) is 0 Å². The molecule has 18 heavy (non-hydrogen) atoms. The van der Waals surface area contributed by atoms with Gasteiger partial charge in [-0.15, -0.1) is 0 Å². The first kappa shape index (κ1) is 11.9. The van der Waals surface area contributed by atoms with Crippen LogP contribution in [0.1, 0.15) is 0 Å². The van der Waals surface area contributed by atoms with Gasteiger partial charge in [-0.25, -0.2) is 0 Å². The standard InChI is InChI=1S/C13H12N2O3/c14-11-4-1-9(2-5-11)10-3-6-12(16)15(7-10)8-13(17)18/h1-7H,8,14H2,(H,17,18). The van der Waals surface area contributed by atoms with Crippen LogP contribution in [-0.4, -0.2) is 15.6 Å². The van der Waals surface area contributed by atoms with Crippen LogP contribution in [0.2, 0.25) is 0 Å². The second-order valence-corrected chi connectivity index (χ2v) is 3.90. The zero-order chi connectivity index (χ0) is 13.1. The Morgan fingerprint density at radius 1 is 1.11 bits per heavy atom. The second-order valence-electron chi connectivity index (χ2n) is 3.90.